The van der Waals surface area contributed by atoms with Crippen molar-refractivity contribution in [2.75, 3.05) is 23.7 Å². The van der Waals surface area contributed by atoms with E-state index in [2.05, 4.69) is 27.4 Å². The van der Waals surface area contributed by atoms with Gasteiger partial charge in [-0.15, -0.1) is 0 Å². The van der Waals surface area contributed by atoms with Gasteiger partial charge in [0.25, 0.3) is 5.91 Å². The number of nitrogens with one attached hydrogen (secondary N) is 1. The van der Waals surface area contributed by atoms with Crippen molar-refractivity contribution < 1.29 is 4.79 Å². The standard InChI is InChI=1S/C14H20N4OS/c15-12-11(13(19)16-10-6-2-3-7-10)20-14(17-12)18-8-4-1-5-9-18/h2-3,10H,1,4-9,15H2,(H,16,19). The molecule has 0 aromatic carbocycles. The van der Waals surface area contributed by atoms with Crippen molar-refractivity contribution >= 4 is 28.2 Å². The molecule has 1 aliphatic heterocycles. The zero-order valence-electron chi connectivity index (χ0n) is 11.5. The van der Waals surface area contributed by atoms with Crippen molar-refractivity contribution in [3.8, 4) is 0 Å². The third-order valence-electron chi connectivity index (χ3n) is 3.82. The number of aromatic nitrogens is 1. The second kappa shape index (κ2) is 5.83. The number of nitrogen functional groups attached to an aromatic ring is 1. The summed E-state index contributed by atoms with van der Waals surface area (Å²) in [4.78, 5) is 19.4. The first-order chi connectivity index (χ1) is 9.74. The second-order valence-corrected chi connectivity index (χ2v) is 6.35. The number of thiazole rings is 1. The molecule has 0 radical (unpaired) electrons. The topological polar surface area (TPSA) is 71.2 Å². The molecule has 1 amide bonds. The lowest BCUT2D eigenvalue weighted by atomic mass is 10.1. The molecule has 2 aliphatic rings. The van der Waals surface area contributed by atoms with E-state index in [1.54, 1.807) is 0 Å². The highest BCUT2D eigenvalue weighted by Crippen LogP contribution is 2.30. The van der Waals surface area contributed by atoms with Crippen LogP contribution < -0.4 is 16.0 Å². The average Bonchev–Trinajstić information content (AvgIpc) is 3.09. The van der Waals surface area contributed by atoms with Gasteiger partial charge in [0.2, 0.25) is 0 Å². The maximum Gasteiger partial charge on any atom is 0.265 e. The highest BCUT2D eigenvalue weighted by atomic mass is 32.1. The lowest BCUT2D eigenvalue weighted by molar-refractivity contribution is 0.0944. The number of hydrogen-bond donors (Lipinski definition) is 2. The largest absolute Gasteiger partial charge is 0.382 e. The molecule has 3 rings (SSSR count). The highest BCUT2D eigenvalue weighted by molar-refractivity contribution is 7.18. The van der Waals surface area contributed by atoms with Crippen molar-refractivity contribution in [3.63, 3.8) is 0 Å². The van der Waals surface area contributed by atoms with Crippen molar-refractivity contribution in [3.05, 3.63) is 17.0 Å². The zero-order valence-corrected chi connectivity index (χ0v) is 12.3. The number of hydrogen-bond acceptors (Lipinski definition) is 5. The second-order valence-electron chi connectivity index (χ2n) is 5.37. The third-order valence-corrected chi connectivity index (χ3v) is 4.95. The highest BCUT2D eigenvalue weighted by Gasteiger charge is 2.22. The van der Waals surface area contributed by atoms with Gasteiger partial charge in [0, 0.05) is 19.1 Å². The molecule has 1 aliphatic carbocycles. The van der Waals surface area contributed by atoms with Gasteiger partial charge >= 0.3 is 0 Å². The zero-order chi connectivity index (χ0) is 13.9. The van der Waals surface area contributed by atoms with Gasteiger partial charge < -0.3 is 16.0 Å². The van der Waals surface area contributed by atoms with Crippen LogP contribution in [-0.4, -0.2) is 30.0 Å². The van der Waals surface area contributed by atoms with Crippen LogP contribution in [0.15, 0.2) is 12.2 Å². The first-order valence-electron chi connectivity index (χ1n) is 7.21. The molecule has 0 saturated carbocycles. The molecular formula is C14H20N4OS. The third kappa shape index (κ3) is 2.80. The van der Waals surface area contributed by atoms with Crippen LogP contribution in [0.2, 0.25) is 0 Å². The van der Waals surface area contributed by atoms with Crippen molar-refractivity contribution in [2.45, 2.75) is 38.1 Å². The fourth-order valence-electron chi connectivity index (χ4n) is 2.69. The summed E-state index contributed by atoms with van der Waals surface area (Å²) in [5.41, 5.74) is 5.92. The molecule has 6 heteroatoms. The molecule has 1 aromatic heterocycles. The van der Waals surface area contributed by atoms with Crippen LogP contribution in [0.5, 0.6) is 0 Å². The minimum Gasteiger partial charge on any atom is -0.382 e. The smallest absolute Gasteiger partial charge is 0.265 e. The summed E-state index contributed by atoms with van der Waals surface area (Å²) in [7, 11) is 0. The maximum atomic E-state index is 12.3. The van der Waals surface area contributed by atoms with Crippen LogP contribution in [-0.2, 0) is 0 Å². The fourth-order valence-corrected chi connectivity index (χ4v) is 3.63. The predicted octanol–water partition coefficient (Wildman–Crippen LogP) is 2.16. The van der Waals surface area contributed by atoms with Gasteiger partial charge in [-0.2, -0.15) is 0 Å². The number of nitrogens with zero attached hydrogens (tertiary/aromatic N) is 2. The Morgan fingerprint density at radius 1 is 1.30 bits per heavy atom. The van der Waals surface area contributed by atoms with E-state index in [0.29, 0.717) is 10.7 Å². The summed E-state index contributed by atoms with van der Waals surface area (Å²) in [6, 6.07) is 0.211. The van der Waals surface area contributed by atoms with Crippen LogP contribution in [0, 0.1) is 0 Å². The number of amides is 1. The molecule has 0 atom stereocenters. The van der Waals surface area contributed by atoms with Gasteiger partial charge in [-0.05, 0) is 32.1 Å². The number of carbonyl (C=O) groups excluding carboxylic acids is 1. The predicted molar refractivity (Wildman–Crippen MR) is 82.2 cm³/mol. The fraction of sp³-hybridized carbons (Fsp3) is 0.571. The maximum absolute atomic E-state index is 12.3. The lowest BCUT2D eigenvalue weighted by Gasteiger charge is -2.25. The number of piperidine rings is 1. The number of anilines is 2. The molecule has 20 heavy (non-hydrogen) atoms. The number of nitrogens with two attached hydrogens (primary N) is 1. The molecule has 5 nitrogen and oxygen atoms in total. The Hall–Kier alpha value is -1.56. The van der Waals surface area contributed by atoms with Crippen LogP contribution in [0.1, 0.15) is 41.8 Å². The molecule has 108 valence electrons. The summed E-state index contributed by atoms with van der Waals surface area (Å²) in [5.74, 6) is 0.274. The molecule has 0 bridgehead atoms. The summed E-state index contributed by atoms with van der Waals surface area (Å²) in [6.07, 6.45) is 9.66. The van der Waals surface area contributed by atoms with Crippen LogP contribution in [0.25, 0.3) is 0 Å². The van der Waals surface area contributed by atoms with Gasteiger partial charge in [0.05, 0.1) is 0 Å². The van der Waals surface area contributed by atoms with Crippen molar-refractivity contribution in [2.24, 2.45) is 0 Å². The monoisotopic (exact) mass is 292 g/mol. The summed E-state index contributed by atoms with van der Waals surface area (Å²) >= 11 is 1.41. The summed E-state index contributed by atoms with van der Waals surface area (Å²) in [6.45, 7) is 2.03. The molecular weight excluding hydrogens is 272 g/mol. The average molecular weight is 292 g/mol. The van der Waals surface area contributed by atoms with Crippen LogP contribution >= 0.6 is 11.3 Å². The van der Waals surface area contributed by atoms with E-state index in [4.69, 9.17) is 5.73 Å². The molecule has 2 heterocycles. The Balaban J connectivity index is 1.69. The summed E-state index contributed by atoms with van der Waals surface area (Å²) < 4.78 is 0. The minimum absolute atomic E-state index is 0.0861. The van der Waals surface area contributed by atoms with Gasteiger partial charge in [-0.1, -0.05) is 23.5 Å². The summed E-state index contributed by atoms with van der Waals surface area (Å²) in [5, 5.41) is 3.91. The quantitative estimate of drug-likeness (QED) is 0.838. The number of carbonyl (C=O) groups is 1. The number of rotatable bonds is 3. The SMILES string of the molecule is Nc1nc(N2CCCCC2)sc1C(=O)NC1CC=CC1. The molecule has 0 unspecified atom stereocenters. The molecule has 3 N–H and O–H groups in total. The lowest BCUT2D eigenvalue weighted by Crippen LogP contribution is -2.32. The van der Waals surface area contributed by atoms with E-state index in [-0.39, 0.29) is 11.9 Å². The van der Waals surface area contributed by atoms with Gasteiger partial charge in [0.1, 0.15) is 10.7 Å². The Bertz CT molecular complexity index is 511. The Kier molecular flexibility index (Phi) is 3.91. The molecule has 0 spiro atoms. The minimum atomic E-state index is -0.0861. The Labute approximate surface area is 122 Å². The first-order valence-corrected chi connectivity index (χ1v) is 8.03. The van der Waals surface area contributed by atoms with Crippen molar-refractivity contribution in [1.29, 1.82) is 0 Å². The van der Waals surface area contributed by atoms with Gasteiger partial charge in [-0.25, -0.2) is 4.98 Å². The van der Waals surface area contributed by atoms with Gasteiger partial charge in [-0.3, -0.25) is 4.79 Å². The van der Waals surface area contributed by atoms with Crippen LogP contribution in [0.3, 0.4) is 0 Å². The molecule has 1 saturated heterocycles. The first kappa shape index (κ1) is 13.4. The van der Waals surface area contributed by atoms with E-state index < -0.39 is 0 Å². The van der Waals surface area contributed by atoms with Crippen molar-refractivity contribution in [1.82, 2.24) is 10.3 Å². The molecule has 1 fully saturated rings. The van der Waals surface area contributed by atoms with E-state index in [1.165, 1.54) is 30.6 Å². The van der Waals surface area contributed by atoms with E-state index in [1.807, 2.05) is 0 Å². The van der Waals surface area contributed by atoms with E-state index >= 15 is 0 Å². The van der Waals surface area contributed by atoms with E-state index in [9.17, 15) is 4.79 Å². The molecule has 1 aromatic rings. The van der Waals surface area contributed by atoms with Crippen LogP contribution in [0.4, 0.5) is 10.9 Å². The van der Waals surface area contributed by atoms with E-state index in [0.717, 1.165) is 31.1 Å². The van der Waals surface area contributed by atoms with Gasteiger partial charge in [0.15, 0.2) is 5.13 Å². The Morgan fingerprint density at radius 3 is 2.70 bits per heavy atom. The normalized spacial score (nSPS) is 19.5. The Morgan fingerprint density at radius 2 is 2.00 bits per heavy atom.